The van der Waals surface area contributed by atoms with E-state index in [0.717, 1.165) is 36.0 Å². The number of carbonyl (C=O) groups excluding carboxylic acids is 2. The van der Waals surface area contributed by atoms with Crippen molar-refractivity contribution in [3.63, 3.8) is 0 Å². The van der Waals surface area contributed by atoms with Crippen LogP contribution in [0.1, 0.15) is 64.5 Å². The summed E-state index contributed by atoms with van der Waals surface area (Å²) >= 11 is 0. The Morgan fingerprint density at radius 2 is 2.00 bits per heavy atom. The quantitative estimate of drug-likeness (QED) is 0.467. The minimum Gasteiger partial charge on any atom is -0.472 e. The molecule has 0 saturated heterocycles. The summed E-state index contributed by atoms with van der Waals surface area (Å²) in [6, 6.07) is 1.89. The van der Waals surface area contributed by atoms with E-state index in [4.69, 9.17) is 13.6 Å². The summed E-state index contributed by atoms with van der Waals surface area (Å²) in [5.41, 5.74) is 1.98. The lowest BCUT2D eigenvalue weighted by atomic mass is 9.68. The number of Topliss-reactive ketones (excluding diaryl/α,β-unsaturated/α-hetero) is 1. The molecule has 0 N–H and O–H groups in total. The van der Waals surface area contributed by atoms with Gasteiger partial charge in [-0.25, -0.2) is 4.79 Å². The highest BCUT2D eigenvalue weighted by atomic mass is 28.4. The van der Waals surface area contributed by atoms with Crippen LogP contribution in [-0.2, 0) is 18.8 Å². The molecule has 4 saturated carbocycles. The lowest BCUT2D eigenvalue weighted by Gasteiger charge is -2.41. The molecule has 1 aliphatic heterocycles. The van der Waals surface area contributed by atoms with Gasteiger partial charge in [-0.15, -0.1) is 0 Å². The molecule has 5 aliphatic carbocycles. The summed E-state index contributed by atoms with van der Waals surface area (Å²) in [7, 11) is -2.02. The lowest BCUT2D eigenvalue weighted by molar-refractivity contribution is -0.140. The summed E-state index contributed by atoms with van der Waals surface area (Å²) in [6.07, 6.45) is 7.25. The molecule has 1 aromatic heterocycles. The first-order chi connectivity index (χ1) is 14.5. The van der Waals surface area contributed by atoms with Crippen molar-refractivity contribution >= 4 is 20.1 Å². The van der Waals surface area contributed by atoms with Gasteiger partial charge in [-0.05, 0) is 66.8 Å². The zero-order valence-corrected chi connectivity index (χ0v) is 20.2. The number of rotatable bonds is 4. The molecule has 4 fully saturated rings. The molecular weight excluding hydrogens is 408 g/mol. The van der Waals surface area contributed by atoms with Gasteiger partial charge in [0.05, 0.1) is 17.9 Å². The van der Waals surface area contributed by atoms with E-state index in [1.807, 2.05) is 6.07 Å². The highest BCUT2D eigenvalue weighted by Crippen LogP contribution is 2.95. The van der Waals surface area contributed by atoms with Gasteiger partial charge in [0, 0.05) is 29.6 Å². The molecule has 6 aliphatic rings. The first kappa shape index (κ1) is 20.0. The number of hydrogen-bond acceptors (Lipinski definition) is 5. The van der Waals surface area contributed by atoms with Crippen molar-refractivity contribution in [1.82, 2.24) is 0 Å². The van der Waals surface area contributed by atoms with Crippen LogP contribution in [0.4, 0.5) is 0 Å². The van der Waals surface area contributed by atoms with Crippen LogP contribution in [0.25, 0.3) is 0 Å². The maximum atomic E-state index is 13.8. The van der Waals surface area contributed by atoms with Gasteiger partial charge in [-0.1, -0.05) is 20.8 Å². The lowest BCUT2D eigenvalue weighted by Crippen LogP contribution is -2.47. The summed E-state index contributed by atoms with van der Waals surface area (Å²) < 4.78 is 18.0. The predicted octanol–water partition coefficient (Wildman–Crippen LogP) is 5.35. The van der Waals surface area contributed by atoms with E-state index >= 15 is 0 Å². The van der Waals surface area contributed by atoms with Crippen molar-refractivity contribution in [3.05, 3.63) is 35.3 Å². The number of furan rings is 1. The van der Waals surface area contributed by atoms with Crippen molar-refractivity contribution in [3.8, 4) is 0 Å². The molecule has 4 bridgehead atoms. The highest BCUT2D eigenvalue weighted by molar-refractivity contribution is 6.74. The molecular formula is C25H32O5Si. The van der Waals surface area contributed by atoms with Crippen molar-refractivity contribution < 1.29 is 23.2 Å². The Labute approximate surface area is 184 Å². The van der Waals surface area contributed by atoms with Gasteiger partial charge in [-0.3, -0.25) is 4.79 Å². The molecule has 2 heterocycles. The van der Waals surface area contributed by atoms with Gasteiger partial charge in [-0.2, -0.15) is 0 Å². The van der Waals surface area contributed by atoms with Crippen molar-refractivity contribution in [2.45, 2.75) is 77.1 Å². The number of esters is 1. The molecule has 5 atom stereocenters. The molecule has 6 heteroatoms. The minimum absolute atomic E-state index is 0.0584. The van der Waals surface area contributed by atoms with Crippen LogP contribution in [0.15, 0.2) is 34.2 Å². The Kier molecular flexibility index (Phi) is 3.63. The maximum Gasteiger partial charge on any atom is 0.335 e. The third-order valence-corrected chi connectivity index (χ3v) is 14.6. The number of ketones is 1. The summed E-state index contributed by atoms with van der Waals surface area (Å²) in [4.78, 5) is 26.6. The molecule has 5 nitrogen and oxygen atoms in total. The number of cyclic esters (lactones) is 1. The molecule has 166 valence electrons. The van der Waals surface area contributed by atoms with E-state index in [0.29, 0.717) is 31.1 Å². The second kappa shape index (κ2) is 5.63. The standard InChI is InChI=1S/C25H32O5Si/c1-22(2,3)31(4,5)29-14-25-18(26)10-15-11-23(25)8-6-17-19(24(23,25)12-15)20(30-21(17)27)16-7-9-28-13-16/h7,9,13,15,20H,6,8,10-12,14H2,1-5H3/t15-,20+,23+,24+,25+/m0/s1. The molecule has 0 aromatic carbocycles. The van der Waals surface area contributed by atoms with Crippen molar-refractivity contribution in [2.24, 2.45) is 22.2 Å². The molecule has 2 spiro atoms. The average molecular weight is 441 g/mol. The van der Waals surface area contributed by atoms with Crippen LogP contribution in [0, 0.1) is 22.2 Å². The van der Waals surface area contributed by atoms with E-state index < -0.39 is 19.8 Å². The maximum absolute atomic E-state index is 13.8. The number of ether oxygens (including phenoxy) is 1. The van der Waals surface area contributed by atoms with Gasteiger partial charge in [0.2, 0.25) is 0 Å². The Morgan fingerprint density at radius 1 is 1.23 bits per heavy atom. The molecule has 7 rings (SSSR count). The van der Waals surface area contributed by atoms with E-state index in [9.17, 15) is 9.59 Å². The fourth-order valence-corrected chi connectivity index (χ4v) is 8.85. The fourth-order valence-electron chi connectivity index (χ4n) is 7.84. The van der Waals surface area contributed by atoms with Crippen molar-refractivity contribution in [1.29, 1.82) is 0 Å². The molecule has 0 radical (unpaired) electrons. The van der Waals surface area contributed by atoms with Crippen molar-refractivity contribution in [2.75, 3.05) is 6.61 Å². The predicted molar refractivity (Wildman–Crippen MR) is 117 cm³/mol. The molecule has 0 amide bonds. The van der Waals surface area contributed by atoms with Gasteiger partial charge in [0.25, 0.3) is 0 Å². The largest absolute Gasteiger partial charge is 0.472 e. The first-order valence-electron chi connectivity index (χ1n) is 11.6. The first-order valence-corrected chi connectivity index (χ1v) is 14.6. The van der Waals surface area contributed by atoms with Gasteiger partial charge >= 0.3 is 5.97 Å². The molecule has 0 unspecified atom stereocenters. The van der Waals surface area contributed by atoms with Crippen LogP contribution in [0.2, 0.25) is 18.1 Å². The molecule has 1 aromatic rings. The SMILES string of the molecule is CC(C)(C)[Si](C)(C)OC[C@@]12C(=O)C[C@H]3C[C@@]14CCC1=C([C@@H](c5ccoc5)OC1=O)[C@]42C3. The van der Waals surface area contributed by atoms with Gasteiger partial charge in [0.1, 0.15) is 5.78 Å². The zero-order valence-electron chi connectivity index (χ0n) is 19.2. The van der Waals surface area contributed by atoms with Crippen LogP contribution >= 0.6 is 0 Å². The Balaban J connectivity index is 1.47. The Bertz CT molecular complexity index is 1030. The minimum atomic E-state index is -2.02. The third-order valence-electron chi connectivity index (χ3n) is 10.1. The third kappa shape index (κ3) is 2.03. The smallest absolute Gasteiger partial charge is 0.335 e. The van der Waals surface area contributed by atoms with Crippen LogP contribution in [0.5, 0.6) is 0 Å². The fraction of sp³-hybridized carbons (Fsp3) is 0.680. The highest BCUT2D eigenvalue weighted by Gasteiger charge is 2.95. The second-order valence-electron chi connectivity index (χ2n) is 12.1. The summed E-state index contributed by atoms with van der Waals surface area (Å²) in [5, 5.41) is 0.0879. The van der Waals surface area contributed by atoms with Crippen LogP contribution < -0.4 is 0 Å². The number of hydrogen-bond donors (Lipinski definition) is 0. The number of fused-ring (bicyclic) bond motifs is 1. The molecule has 31 heavy (non-hydrogen) atoms. The second-order valence-corrected chi connectivity index (χ2v) is 16.9. The Morgan fingerprint density at radius 3 is 2.68 bits per heavy atom. The summed E-state index contributed by atoms with van der Waals surface area (Å²) in [5.74, 6) is 0.592. The Hall–Kier alpha value is -1.66. The van der Waals surface area contributed by atoms with E-state index in [2.05, 4.69) is 33.9 Å². The topological polar surface area (TPSA) is 65.7 Å². The summed E-state index contributed by atoms with van der Waals surface area (Å²) in [6.45, 7) is 11.7. The van der Waals surface area contributed by atoms with Gasteiger partial charge in [0.15, 0.2) is 14.4 Å². The number of carbonyl (C=O) groups is 2. The van der Waals surface area contributed by atoms with E-state index in [1.54, 1.807) is 12.5 Å². The average Bonchev–Trinajstić information content (AvgIpc) is 3.15. The monoisotopic (exact) mass is 440 g/mol. The zero-order chi connectivity index (χ0) is 22.0. The normalized spacial score (nSPS) is 40.7. The van der Waals surface area contributed by atoms with Gasteiger partial charge < -0.3 is 13.6 Å². The van der Waals surface area contributed by atoms with Crippen LogP contribution in [-0.4, -0.2) is 26.7 Å². The van der Waals surface area contributed by atoms with Crippen LogP contribution in [0.3, 0.4) is 0 Å². The van der Waals surface area contributed by atoms with E-state index in [-0.39, 0.29) is 21.8 Å². The van der Waals surface area contributed by atoms with E-state index in [1.165, 1.54) is 0 Å².